The minimum absolute atomic E-state index is 0.0417. The lowest BCUT2D eigenvalue weighted by Gasteiger charge is -2.30. The van der Waals surface area contributed by atoms with E-state index >= 15 is 0 Å². The van der Waals surface area contributed by atoms with Crippen molar-refractivity contribution in [1.82, 2.24) is 4.57 Å². The number of fused-ring (bicyclic) bond motifs is 1. The molecule has 0 radical (unpaired) electrons. The van der Waals surface area contributed by atoms with Crippen LogP contribution in [0.1, 0.15) is 71.5 Å². The first-order valence-electron chi connectivity index (χ1n) is 10.6. The van der Waals surface area contributed by atoms with E-state index < -0.39 is 34.9 Å². The van der Waals surface area contributed by atoms with Gasteiger partial charge in [0.25, 0.3) is 5.91 Å². The number of nitrogens with one attached hydrogen (secondary N) is 1. The number of halogens is 3. The zero-order valence-corrected chi connectivity index (χ0v) is 17.9. The Hall–Kier alpha value is -2.81. The van der Waals surface area contributed by atoms with E-state index in [4.69, 9.17) is 5.73 Å². The summed E-state index contributed by atoms with van der Waals surface area (Å²) < 4.78 is 42.7. The number of carbonyl (C=O) groups is 2. The summed E-state index contributed by atoms with van der Waals surface area (Å²) in [7, 11) is 0. The normalized spacial score (nSPS) is 22.6. The van der Waals surface area contributed by atoms with Crippen molar-refractivity contribution in [2.24, 2.45) is 11.1 Å². The Morgan fingerprint density at radius 2 is 1.97 bits per heavy atom. The zero-order chi connectivity index (χ0) is 23.4. The number of nitrogens with zero attached hydrogens (tertiary/aromatic N) is 1. The summed E-state index contributed by atoms with van der Waals surface area (Å²) in [6.45, 7) is 3.70. The van der Waals surface area contributed by atoms with Crippen molar-refractivity contribution in [1.29, 1.82) is 0 Å². The molecule has 1 amide bonds. The average molecular weight is 449 g/mol. The lowest BCUT2D eigenvalue weighted by Crippen LogP contribution is -2.30. The highest BCUT2D eigenvalue weighted by Gasteiger charge is 2.43. The molecule has 1 aromatic heterocycles. The summed E-state index contributed by atoms with van der Waals surface area (Å²) in [6, 6.07) is 4.24. The summed E-state index contributed by atoms with van der Waals surface area (Å²) in [5.74, 6) is -1.21. The number of hydrogen-bond acceptors (Lipinski definition) is 4. The summed E-state index contributed by atoms with van der Waals surface area (Å²) in [5.41, 5.74) is 4.99. The van der Waals surface area contributed by atoms with Gasteiger partial charge in [-0.2, -0.15) is 13.2 Å². The Morgan fingerprint density at radius 1 is 1.25 bits per heavy atom. The van der Waals surface area contributed by atoms with Crippen LogP contribution in [0, 0.1) is 5.41 Å². The van der Waals surface area contributed by atoms with Crippen molar-refractivity contribution in [2.75, 3.05) is 5.32 Å². The molecule has 1 fully saturated rings. The number of rotatable bonds is 4. The number of aliphatic hydroxyl groups excluding tert-OH is 1. The van der Waals surface area contributed by atoms with Crippen LogP contribution in [-0.2, 0) is 12.6 Å². The lowest BCUT2D eigenvalue weighted by molar-refractivity contribution is -0.137. The van der Waals surface area contributed by atoms with E-state index in [1.807, 2.05) is 13.8 Å². The third-order valence-corrected chi connectivity index (χ3v) is 6.34. The smallest absolute Gasteiger partial charge is 0.391 e. The number of nitrogens with two attached hydrogens (primary N) is 1. The number of carbonyl (C=O) groups excluding carboxylic acids is 2. The second kappa shape index (κ2) is 7.65. The van der Waals surface area contributed by atoms with Crippen LogP contribution in [0.25, 0.3) is 5.69 Å². The monoisotopic (exact) mass is 449 g/mol. The molecule has 0 spiro atoms. The van der Waals surface area contributed by atoms with E-state index in [1.54, 1.807) is 6.07 Å². The number of amides is 1. The Kier molecular flexibility index (Phi) is 5.35. The average Bonchev–Trinajstić information content (AvgIpc) is 3.24. The number of anilines is 1. The van der Waals surface area contributed by atoms with Gasteiger partial charge in [-0.25, -0.2) is 0 Å². The number of hydrogen-bond donors (Lipinski definition) is 3. The molecule has 0 saturated heterocycles. The number of benzene rings is 1. The van der Waals surface area contributed by atoms with Gasteiger partial charge in [-0.15, -0.1) is 0 Å². The largest absolute Gasteiger partial charge is 0.418 e. The Balaban J connectivity index is 1.86. The first-order chi connectivity index (χ1) is 14.9. The van der Waals surface area contributed by atoms with Crippen molar-refractivity contribution in [2.45, 2.75) is 64.3 Å². The van der Waals surface area contributed by atoms with Gasteiger partial charge in [0.2, 0.25) is 0 Å². The first-order valence-corrected chi connectivity index (χ1v) is 10.6. The van der Waals surface area contributed by atoms with E-state index in [-0.39, 0.29) is 23.6 Å². The highest BCUT2D eigenvalue weighted by Crippen LogP contribution is 2.43. The molecule has 2 aromatic rings. The van der Waals surface area contributed by atoms with E-state index in [2.05, 4.69) is 5.32 Å². The van der Waals surface area contributed by atoms with Crippen molar-refractivity contribution < 1.29 is 27.9 Å². The van der Waals surface area contributed by atoms with Crippen molar-refractivity contribution >= 4 is 17.4 Å². The number of Topliss-reactive ketones (excluding diaryl/α,β-unsaturated/α-hetero) is 1. The standard InChI is InChI=1S/C23H26F3N3O3/c1-22(2)9-17-20(19(31)10-22)14(23(24,25)26)11-29(17)12-6-7-13(21(27)32)16(8-12)28-15-4-3-5-18(15)30/h6-8,11,15,18,28,30H,3-5,9-10H2,1-2H3,(H2,27,32). The van der Waals surface area contributed by atoms with Crippen LogP contribution < -0.4 is 11.1 Å². The molecule has 1 saturated carbocycles. The molecule has 2 aliphatic carbocycles. The van der Waals surface area contributed by atoms with E-state index in [9.17, 15) is 27.9 Å². The maximum Gasteiger partial charge on any atom is 0.418 e. The van der Waals surface area contributed by atoms with E-state index in [1.165, 1.54) is 16.7 Å². The molecule has 0 aliphatic heterocycles. The second-order valence-electron chi connectivity index (χ2n) is 9.52. The van der Waals surface area contributed by atoms with Crippen LogP contribution in [0.5, 0.6) is 0 Å². The van der Waals surface area contributed by atoms with Gasteiger partial charge in [0.1, 0.15) is 0 Å². The minimum Gasteiger partial charge on any atom is -0.391 e. The summed E-state index contributed by atoms with van der Waals surface area (Å²) >= 11 is 0. The van der Waals surface area contributed by atoms with Gasteiger partial charge in [0.05, 0.1) is 28.8 Å². The molecule has 0 bridgehead atoms. The Morgan fingerprint density at radius 3 is 2.56 bits per heavy atom. The third-order valence-electron chi connectivity index (χ3n) is 6.34. The topological polar surface area (TPSA) is 97.4 Å². The fraction of sp³-hybridized carbons (Fsp3) is 0.478. The van der Waals surface area contributed by atoms with Gasteiger partial charge in [-0.1, -0.05) is 13.8 Å². The SMILES string of the molecule is CC1(C)CC(=O)c2c(C(F)(F)F)cn(-c3ccc(C(N)=O)c(NC4CCCC4O)c3)c2C1. The minimum atomic E-state index is -4.67. The maximum atomic E-state index is 13.8. The molecule has 172 valence electrons. The van der Waals surface area contributed by atoms with E-state index in [0.29, 0.717) is 36.3 Å². The number of aliphatic hydroxyl groups is 1. The van der Waals surface area contributed by atoms with Crippen molar-refractivity contribution in [3.05, 3.63) is 46.8 Å². The predicted octanol–water partition coefficient (Wildman–Crippen LogP) is 4.08. The quantitative estimate of drug-likeness (QED) is 0.655. The molecule has 32 heavy (non-hydrogen) atoms. The van der Waals surface area contributed by atoms with Crippen LogP contribution in [0.3, 0.4) is 0 Å². The predicted molar refractivity (Wildman–Crippen MR) is 113 cm³/mol. The third kappa shape index (κ3) is 4.01. The fourth-order valence-corrected chi connectivity index (χ4v) is 4.84. The molecular weight excluding hydrogens is 423 g/mol. The molecule has 4 N–H and O–H groups in total. The van der Waals surface area contributed by atoms with Gasteiger partial charge < -0.3 is 20.7 Å². The highest BCUT2D eigenvalue weighted by atomic mass is 19.4. The van der Waals surface area contributed by atoms with Crippen LogP contribution in [-0.4, -0.2) is 33.5 Å². The molecule has 2 aliphatic rings. The molecule has 1 heterocycles. The Labute approximate surface area is 183 Å². The van der Waals surface area contributed by atoms with Gasteiger partial charge >= 0.3 is 6.18 Å². The first kappa shape index (κ1) is 22.4. The van der Waals surface area contributed by atoms with Crippen LogP contribution in [0.2, 0.25) is 0 Å². The summed E-state index contributed by atoms with van der Waals surface area (Å²) in [6.07, 6.45) is -1.82. The Bertz CT molecular complexity index is 1090. The summed E-state index contributed by atoms with van der Waals surface area (Å²) in [5, 5.41) is 13.3. The molecule has 4 rings (SSSR count). The van der Waals surface area contributed by atoms with Crippen molar-refractivity contribution in [3.63, 3.8) is 0 Å². The number of ketones is 1. The van der Waals surface area contributed by atoms with E-state index in [0.717, 1.165) is 12.6 Å². The fourth-order valence-electron chi connectivity index (χ4n) is 4.84. The van der Waals surface area contributed by atoms with Gasteiger partial charge in [-0.3, -0.25) is 9.59 Å². The lowest BCUT2D eigenvalue weighted by atomic mass is 9.75. The number of aromatic nitrogens is 1. The van der Waals surface area contributed by atoms with Gasteiger partial charge in [0, 0.05) is 29.7 Å². The van der Waals surface area contributed by atoms with Gasteiger partial charge in [0.15, 0.2) is 5.78 Å². The number of alkyl halides is 3. The summed E-state index contributed by atoms with van der Waals surface area (Å²) in [4.78, 5) is 24.6. The molecule has 9 heteroatoms. The molecule has 6 nitrogen and oxygen atoms in total. The molecular formula is C23H26F3N3O3. The zero-order valence-electron chi connectivity index (χ0n) is 17.9. The molecule has 2 unspecified atom stereocenters. The maximum absolute atomic E-state index is 13.8. The second-order valence-corrected chi connectivity index (χ2v) is 9.52. The van der Waals surface area contributed by atoms with Gasteiger partial charge in [-0.05, 0) is 49.3 Å². The highest BCUT2D eigenvalue weighted by molar-refractivity contribution is 6.01. The van der Waals surface area contributed by atoms with Crippen LogP contribution in [0.15, 0.2) is 24.4 Å². The molecule has 1 aromatic carbocycles. The number of primary amides is 1. The van der Waals surface area contributed by atoms with Crippen LogP contribution in [0.4, 0.5) is 18.9 Å². The van der Waals surface area contributed by atoms with Crippen LogP contribution >= 0.6 is 0 Å². The van der Waals surface area contributed by atoms with Crippen molar-refractivity contribution in [3.8, 4) is 5.69 Å². The molecule has 2 atom stereocenters.